The minimum Gasteiger partial charge on any atom is -0.363 e. The van der Waals surface area contributed by atoms with E-state index in [0.717, 1.165) is 22.3 Å². The number of nitrogens with one attached hydrogen (secondary N) is 2. The SMILES string of the molecule is CNC(=O)c1cncc(-c2ccc3ncnc(N[C@H](C)c4ccccc4)c3c2)n1. The lowest BCUT2D eigenvalue weighted by Gasteiger charge is -2.16. The number of nitrogens with zero attached hydrogens (tertiary/aromatic N) is 4. The minimum absolute atomic E-state index is 0.0781. The zero-order chi connectivity index (χ0) is 20.2. The summed E-state index contributed by atoms with van der Waals surface area (Å²) < 4.78 is 0. The highest BCUT2D eigenvalue weighted by Gasteiger charge is 2.12. The van der Waals surface area contributed by atoms with E-state index in [-0.39, 0.29) is 17.6 Å². The van der Waals surface area contributed by atoms with Crippen LogP contribution in [0.25, 0.3) is 22.2 Å². The molecule has 0 spiro atoms. The Labute approximate surface area is 168 Å². The third kappa shape index (κ3) is 3.89. The summed E-state index contributed by atoms with van der Waals surface area (Å²) in [6.07, 6.45) is 4.63. The molecule has 29 heavy (non-hydrogen) atoms. The topological polar surface area (TPSA) is 92.7 Å². The highest BCUT2D eigenvalue weighted by Crippen LogP contribution is 2.28. The van der Waals surface area contributed by atoms with Gasteiger partial charge in [-0.05, 0) is 24.6 Å². The second-order valence-corrected chi connectivity index (χ2v) is 6.60. The van der Waals surface area contributed by atoms with Crippen LogP contribution in [0.1, 0.15) is 29.0 Å². The quantitative estimate of drug-likeness (QED) is 0.546. The first-order chi connectivity index (χ1) is 14.2. The number of amides is 1. The molecule has 0 radical (unpaired) electrons. The Bertz CT molecular complexity index is 1160. The lowest BCUT2D eigenvalue weighted by atomic mass is 10.1. The van der Waals surface area contributed by atoms with E-state index in [9.17, 15) is 4.79 Å². The number of aromatic nitrogens is 4. The van der Waals surface area contributed by atoms with Crippen molar-refractivity contribution in [1.82, 2.24) is 25.3 Å². The van der Waals surface area contributed by atoms with Gasteiger partial charge in [0, 0.05) is 24.0 Å². The Morgan fingerprint density at radius 3 is 2.66 bits per heavy atom. The first-order valence-corrected chi connectivity index (χ1v) is 9.26. The van der Waals surface area contributed by atoms with Gasteiger partial charge in [-0.15, -0.1) is 0 Å². The Balaban J connectivity index is 1.72. The Hall–Kier alpha value is -3.87. The first kappa shape index (κ1) is 18.5. The number of anilines is 1. The molecular formula is C22H20N6O. The Morgan fingerprint density at radius 1 is 1.03 bits per heavy atom. The maximum absolute atomic E-state index is 11.9. The summed E-state index contributed by atoms with van der Waals surface area (Å²) in [6.45, 7) is 2.09. The number of fused-ring (bicyclic) bond motifs is 1. The van der Waals surface area contributed by atoms with Gasteiger partial charge in [0.15, 0.2) is 0 Å². The second kappa shape index (κ2) is 8.02. The lowest BCUT2D eigenvalue weighted by Crippen LogP contribution is -2.19. The van der Waals surface area contributed by atoms with Crippen molar-refractivity contribution in [3.05, 3.63) is 78.5 Å². The molecule has 1 amide bonds. The molecule has 2 N–H and O–H groups in total. The van der Waals surface area contributed by atoms with Gasteiger partial charge in [-0.3, -0.25) is 9.78 Å². The van der Waals surface area contributed by atoms with Crippen LogP contribution in [0.3, 0.4) is 0 Å². The Kier molecular flexibility index (Phi) is 5.11. The van der Waals surface area contributed by atoms with Crippen molar-refractivity contribution in [1.29, 1.82) is 0 Å². The molecule has 0 bridgehead atoms. The van der Waals surface area contributed by atoms with Crippen LogP contribution in [0.5, 0.6) is 0 Å². The van der Waals surface area contributed by atoms with E-state index in [0.29, 0.717) is 5.69 Å². The Morgan fingerprint density at radius 2 is 1.86 bits per heavy atom. The maximum Gasteiger partial charge on any atom is 0.271 e. The van der Waals surface area contributed by atoms with Gasteiger partial charge in [0.25, 0.3) is 5.91 Å². The average Bonchev–Trinajstić information content (AvgIpc) is 2.79. The monoisotopic (exact) mass is 384 g/mol. The second-order valence-electron chi connectivity index (χ2n) is 6.60. The summed E-state index contributed by atoms with van der Waals surface area (Å²) in [5.74, 6) is 0.464. The van der Waals surface area contributed by atoms with Crippen LogP contribution >= 0.6 is 0 Å². The fourth-order valence-corrected chi connectivity index (χ4v) is 3.10. The predicted molar refractivity (Wildman–Crippen MR) is 112 cm³/mol. The third-order valence-corrected chi connectivity index (χ3v) is 4.68. The highest BCUT2D eigenvalue weighted by atomic mass is 16.1. The number of hydrogen-bond acceptors (Lipinski definition) is 6. The standard InChI is InChI=1S/C22H20N6O/c1-14(15-6-4-3-5-7-15)27-21-17-10-16(8-9-18(17)25-13-26-21)19-11-24-12-20(28-19)22(29)23-2/h3-14H,1-2H3,(H,23,29)(H,25,26,27)/t14-/m1/s1. The van der Waals surface area contributed by atoms with Crippen LogP contribution in [-0.2, 0) is 0 Å². The van der Waals surface area contributed by atoms with Crippen LogP contribution in [0.2, 0.25) is 0 Å². The molecule has 2 aromatic heterocycles. The molecule has 0 aliphatic carbocycles. The van der Waals surface area contributed by atoms with E-state index in [1.807, 2.05) is 36.4 Å². The van der Waals surface area contributed by atoms with Crippen LogP contribution in [0.4, 0.5) is 5.82 Å². The van der Waals surface area contributed by atoms with Gasteiger partial charge in [-0.1, -0.05) is 36.4 Å². The average molecular weight is 384 g/mol. The van der Waals surface area contributed by atoms with Crippen molar-refractivity contribution in [3.63, 3.8) is 0 Å². The smallest absolute Gasteiger partial charge is 0.271 e. The highest BCUT2D eigenvalue weighted by molar-refractivity contribution is 5.94. The van der Waals surface area contributed by atoms with Gasteiger partial charge >= 0.3 is 0 Å². The molecular weight excluding hydrogens is 364 g/mol. The minimum atomic E-state index is -0.275. The molecule has 0 aliphatic rings. The van der Waals surface area contributed by atoms with Crippen LogP contribution < -0.4 is 10.6 Å². The molecule has 7 nitrogen and oxygen atoms in total. The van der Waals surface area contributed by atoms with Crippen LogP contribution in [-0.4, -0.2) is 32.9 Å². The van der Waals surface area contributed by atoms with E-state index < -0.39 is 0 Å². The van der Waals surface area contributed by atoms with Crippen LogP contribution in [0, 0.1) is 0 Å². The summed E-state index contributed by atoms with van der Waals surface area (Å²) in [4.78, 5) is 29.3. The molecule has 0 saturated heterocycles. The van der Waals surface area contributed by atoms with E-state index >= 15 is 0 Å². The van der Waals surface area contributed by atoms with Crippen LogP contribution in [0.15, 0.2) is 67.3 Å². The first-order valence-electron chi connectivity index (χ1n) is 9.26. The van der Waals surface area contributed by atoms with Gasteiger partial charge in [-0.25, -0.2) is 15.0 Å². The molecule has 0 fully saturated rings. The number of carbonyl (C=O) groups excluding carboxylic acids is 1. The van der Waals surface area contributed by atoms with Crippen molar-refractivity contribution in [3.8, 4) is 11.3 Å². The fraction of sp³-hybridized carbons (Fsp3) is 0.136. The van der Waals surface area contributed by atoms with Gasteiger partial charge in [0.05, 0.1) is 23.6 Å². The zero-order valence-corrected chi connectivity index (χ0v) is 16.1. The van der Waals surface area contributed by atoms with Crippen molar-refractivity contribution < 1.29 is 4.79 Å². The molecule has 144 valence electrons. The summed E-state index contributed by atoms with van der Waals surface area (Å²) >= 11 is 0. The molecule has 1 atom stereocenters. The number of rotatable bonds is 5. The predicted octanol–water partition coefficient (Wildman–Crippen LogP) is 3.62. The van der Waals surface area contributed by atoms with Gasteiger partial charge in [0.1, 0.15) is 17.8 Å². The van der Waals surface area contributed by atoms with Crippen molar-refractivity contribution in [2.24, 2.45) is 0 Å². The summed E-state index contributed by atoms with van der Waals surface area (Å²) in [5, 5.41) is 6.91. The van der Waals surface area contributed by atoms with Crippen molar-refractivity contribution in [2.75, 3.05) is 12.4 Å². The molecule has 4 rings (SSSR count). The summed E-state index contributed by atoms with van der Waals surface area (Å²) in [5.41, 5.74) is 3.70. The number of carbonyl (C=O) groups is 1. The van der Waals surface area contributed by atoms with E-state index in [2.05, 4.69) is 49.6 Å². The molecule has 0 aliphatic heterocycles. The van der Waals surface area contributed by atoms with E-state index in [1.165, 1.54) is 11.8 Å². The van der Waals surface area contributed by atoms with Gasteiger partial charge in [-0.2, -0.15) is 0 Å². The third-order valence-electron chi connectivity index (χ3n) is 4.68. The molecule has 7 heteroatoms. The molecule has 4 aromatic rings. The maximum atomic E-state index is 11.9. The molecule has 0 unspecified atom stereocenters. The van der Waals surface area contributed by atoms with E-state index in [1.54, 1.807) is 19.6 Å². The summed E-state index contributed by atoms with van der Waals surface area (Å²) in [6, 6.07) is 16.1. The largest absolute Gasteiger partial charge is 0.363 e. The molecule has 0 saturated carbocycles. The number of hydrogen-bond donors (Lipinski definition) is 2. The molecule has 2 heterocycles. The van der Waals surface area contributed by atoms with E-state index in [4.69, 9.17) is 0 Å². The van der Waals surface area contributed by atoms with Gasteiger partial charge in [0.2, 0.25) is 0 Å². The normalized spacial score (nSPS) is 11.8. The lowest BCUT2D eigenvalue weighted by molar-refractivity contribution is 0.0958. The zero-order valence-electron chi connectivity index (χ0n) is 16.1. The van der Waals surface area contributed by atoms with Crippen molar-refractivity contribution >= 4 is 22.6 Å². The summed E-state index contributed by atoms with van der Waals surface area (Å²) in [7, 11) is 1.57. The molecule has 2 aromatic carbocycles. The van der Waals surface area contributed by atoms with Crippen molar-refractivity contribution in [2.45, 2.75) is 13.0 Å². The fourth-order valence-electron chi connectivity index (χ4n) is 3.10. The van der Waals surface area contributed by atoms with Gasteiger partial charge < -0.3 is 10.6 Å². The number of benzene rings is 2.